The molecule has 0 aliphatic heterocycles. The van der Waals surface area contributed by atoms with Gasteiger partial charge in [-0.25, -0.2) is 0 Å². The van der Waals surface area contributed by atoms with Crippen molar-refractivity contribution < 1.29 is 0 Å². The van der Waals surface area contributed by atoms with E-state index in [4.69, 9.17) is 0 Å². The normalized spacial score (nSPS) is 11.1. The quantitative estimate of drug-likeness (QED) is 0.235. The predicted molar refractivity (Wildman–Crippen MR) is 111 cm³/mol. The van der Waals surface area contributed by atoms with Crippen molar-refractivity contribution in [3.05, 3.63) is 8.96 Å². The Morgan fingerprint density at radius 1 is 0.909 bits per heavy atom. The smallest absolute Gasteiger partial charge is 0.124 e. The SMILES string of the molecule is CCCCC#CC(C#C[Si](C(C)C)(C(C)C)C(C)C)=C(Br)Br. The van der Waals surface area contributed by atoms with Crippen LogP contribution in [0.3, 0.4) is 0 Å². The van der Waals surface area contributed by atoms with Crippen LogP contribution in [0.4, 0.5) is 0 Å². The van der Waals surface area contributed by atoms with E-state index in [9.17, 15) is 0 Å². The monoisotopic (exact) mass is 444 g/mol. The van der Waals surface area contributed by atoms with Crippen LogP contribution in [0.2, 0.25) is 16.6 Å². The second kappa shape index (κ2) is 10.7. The van der Waals surface area contributed by atoms with Crippen molar-refractivity contribution in [2.45, 2.75) is 84.4 Å². The minimum Gasteiger partial charge on any atom is -0.124 e. The fourth-order valence-corrected chi connectivity index (χ4v) is 8.75. The molecule has 0 saturated carbocycles. The van der Waals surface area contributed by atoms with Gasteiger partial charge in [-0.05, 0) is 54.9 Å². The summed E-state index contributed by atoms with van der Waals surface area (Å²) in [6.45, 7) is 16.2. The van der Waals surface area contributed by atoms with Crippen LogP contribution in [0.1, 0.15) is 67.7 Å². The first-order valence-electron chi connectivity index (χ1n) is 8.27. The molecule has 0 aromatic carbocycles. The Morgan fingerprint density at radius 2 is 1.41 bits per heavy atom. The molecule has 0 saturated heterocycles. The van der Waals surface area contributed by atoms with Crippen LogP contribution in [-0.4, -0.2) is 8.07 Å². The molecule has 0 nitrogen and oxygen atoms in total. The Balaban J connectivity index is 5.65. The molecular weight excluding hydrogens is 416 g/mol. The molecule has 0 bridgehead atoms. The lowest BCUT2D eigenvalue weighted by atomic mass is 10.2. The molecule has 0 heterocycles. The average Bonchev–Trinajstić information content (AvgIpc) is 2.40. The van der Waals surface area contributed by atoms with Gasteiger partial charge in [-0.15, -0.1) is 5.54 Å². The fourth-order valence-electron chi connectivity index (χ4n) is 3.15. The predicted octanol–water partition coefficient (Wildman–Crippen LogP) is 7.40. The van der Waals surface area contributed by atoms with Crippen LogP contribution < -0.4 is 0 Å². The van der Waals surface area contributed by atoms with E-state index in [-0.39, 0.29) is 0 Å². The van der Waals surface area contributed by atoms with Crippen LogP contribution in [0.25, 0.3) is 0 Å². The highest BCUT2D eigenvalue weighted by Gasteiger charge is 2.41. The van der Waals surface area contributed by atoms with Crippen LogP contribution in [0.15, 0.2) is 8.96 Å². The molecule has 124 valence electrons. The molecule has 0 aliphatic rings. The van der Waals surface area contributed by atoms with Gasteiger partial charge in [0.15, 0.2) is 0 Å². The molecular formula is C19H30Br2Si. The van der Waals surface area contributed by atoms with Gasteiger partial charge in [-0.1, -0.05) is 72.6 Å². The average molecular weight is 446 g/mol. The Labute approximate surface area is 156 Å². The highest BCUT2D eigenvalue weighted by Crippen LogP contribution is 2.40. The molecule has 0 amide bonds. The summed E-state index contributed by atoms with van der Waals surface area (Å²) in [5.74, 6) is 9.87. The van der Waals surface area contributed by atoms with Gasteiger partial charge in [-0.3, -0.25) is 0 Å². The van der Waals surface area contributed by atoms with E-state index >= 15 is 0 Å². The van der Waals surface area contributed by atoms with E-state index in [0.29, 0.717) is 16.6 Å². The second-order valence-corrected chi connectivity index (χ2v) is 14.9. The standard InChI is InChI=1S/C19H30Br2Si/c1-8-9-10-11-12-18(19(20)21)13-14-22(15(2)3,16(4)5)17(6)7/h15-17H,8-10H2,1-7H3. The van der Waals surface area contributed by atoms with Gasteiger partial charge in [0.1, 0.15) is 8.07 Å². The maximum Gasteiger partial charge on any atom is 0.146 e. The zero-order valence-electron chi connectivity index (χ0n) is 15.1. The number of unbranched alkanes of at least 4 members (excludes halogenated alkanes) is 2. The summed E-state index contributed by atoms with van der Waals surface area (Å²) in [7, 11) is -1.70. The molecule has 3 heteroatoms. The van der Waals surface area contributed by atoms with Crippen molar-refractivity contribution in [1.82, 2.24) is 0 Å². The third-order valence-corrected chi connectivity index (χ3v) is 11.4. The van der Waals surface area contributed by atoms with Crippen molar-refractivity contribution in [3.8, 4) is 23.3 Å². The molecule has 0 aromatic rings. The van der Waals surface area contributed by atoms with Crippen molar-refractivity contribution >= 4 is 39.9 Å². The van der Waals surface area contributed by atoms with Crippen LogP contribution in [-0.2, 0) is 0 Å². The Hall–Kier alpha value is 0.0369. The summed E-state index contributed by atoms with van der Waals surface area (Å²) < 4.78 is 0.871. The van der Waals surface area contributed by atoms with Gasteiger partial charge in [0, 0.05) is 6.42 Å². The van der Waals surface area contributed by atoms with E-state index in [2.05, 4.69) is 104 Å². The summed E-state index contributed by atoms with van der Waals surface area (Å²) in [5, 5.41) is 0. The lowest BCUT2D eigenvalue weighted by Gasteiger charge is -2.38. The highest BCUT2D eigenvalue weighted by molar-refractivity contribution is 9.28. The van der Waals surface area contributed by atoms with E-state index in [1.54, 1.807) is 0 Å². The molecule has 0 aliphatic carbocycles. The molecule has 0 aromatic heterocycles. The zero-order valence-corrected chi connectivity index (χ0v) is 19.3. The topological polar surface area (TPSA) is 0 Å². The number of halogens is 2. The maximum absolute atomic E-state index is 3.72. The van der Waals surface area contributed by atoms with Crippen molar-refractivity contribution in [2.75, 3.05) is 0 Å². The lowest BCUT2D eigenvalue weighted by molar-refractivity contribution is 0.828. The minimum atomic E-state index is -1.70. The first-order chi connectivity index (χ1) is 10.2. The molecule has 0 radical (unpaired) electrons. The van der Waals surface area contributed by atoms with Crippen molar-refractivity contribution in [1.29, 1.82) is 0 Å². The zero-order chi connectivity index (χ0) is 17.3. The second-order valence-electron chi connectivity index (χ2n) is 6.69. The molecule has 0 unspecified atom stereocenters. The van der Waals surface area contributed by atoms with Gasteiger partial charge < -0.3 is 0 Å². The first kappa shape index (κ1) is 22.0. The number of hydrogen-bond acceptors (Lipinski definition) is 0. The van der Waals surface area contributed by atoms with Gasteiger partial charge in [0.05, 0.1) is 8.96 Å². The van der Waals surface area contributed by atoms with Crippen molar-refractivity contribution in [3.63, 3.8) is 0 Å². The highest BCUT2D eigenvalue weighted by atomic mass is 79.9. The van der Waals surface area contributed by atoms with Gasteiger partial charge in [-0.2, -0.15) is 0 Å². The van der Waals surface area contributed by atoms with Crippen LogP contribution in [0, 0.1) is 23.3 Å². The molecule has 0 spiro atoms. The third kappa shape index (κ3) is 6.27. The Bertz CT molecular complexity index is 467. The summed E-state index contributed by atoms with van der Waals surface area (Å²) in [6.07, 6.45) is 3.27. The summed E-state index contributed by atoms with van der Waals surface area (Å²) in [5.41, 5.74) is 6.53. The van der Waals surface area contributed by atoms with E-state index in [1.807, 2.05) is 0 Å². The molecule has 22 heavy (non-hydrogen) atoms. The number of rotatable bonds is 5. The molecule has 0 atom stereocenters. The Morgan fingerprint density at radius 3 is 1.77 bits per heavy atom. The van der Waals surface area contributed by atoms with Gasteiger partial charge >= 0.3 is 0 Å². The fraction of sp³-hybridized carbons (Fsp3) is 0.684. The number of allylic oxidation sites excluding steroid dienone is 1. The van der Waals surface area contributed by atoms with Gasteiger partial charge in [0.2, 0.25) is 0 Å². The minimum absolute atomic E-state index is 0.642. The van der Waals surface area contributed by atoms with E-state index < -0.39 is 8.07 Å². The largest absolute Gasteiger partial charge is 0.146 e. The first-order valence-corrected chi connectivity index (χ1v) is 12.1. The van der Waals surface area contributed by atoms with E-state index in [0.717, 1.165) is 21.8 Å². The number of hydrogen-bond donors (Lipinski definition) is 0. The Kier molecular flexibility index (Phi) is 10.8. The van der Waals surface area contributed by atoms with Crippen LogP contribution in [0.5, 0.6) is 0 Å². The van der Waals surface area contributed by atoms with E-state index in [1.165, 1.54) is 6.42 Å². The van der Waals surface area contributed by atoms with Crippen molar-refractivity contribution in [2.24, 2.45) is 0 Å². The summed E-state index contributed by atoms with van der Waals surface area (Å²) >= 11 is 6.99. The molecule has 0 N–H and O–H groups in total. The van der Waals surface area contributed by atoms with Crippen LogP contribution >= 0.6 is 31.9 Å². The summed E-state index contributed by atoms with van der Waals surface area (Å²) in [6, 6.07) is 0. The molecule has 0 fully saturated rings. The third-order valence-electron chi connectivity index (χ3n) is 4.33. The van der Waals surface area contributed by atoms with Gasteiger partial charge in [0.25, 0.3) is 0 Å². The summed E-state index contributed by atoms with van der Waals surface area (Å²) in [4.78, 5) is 0. The lowest BCUT2D eigenvalue weighted by Crippen LogP contribution is -2.43. The maximum atomic E-state index is 3.72. The molecule has 0 rings (SSSR count).